The molecule has 0 N–H and O–H groups in total. The molecule has 158 valence electrons. The summed E-state index contributed by atoms with van der Waals surface area (Å²) in [5.74, 6) is 6.67. The Morgan fingerprint density at radius 3 is 2.14 bits per heavy atom. The molecule has 4 atom stereocenters. The molecule has 4 rings (SSSR count). The maximum Gasteiger partial charge on any atom is 0.119 e. The highest BCUT2D eigenvalue weighted by molar-refractivity contribution is 5.29. The second-order valence-corrected chi connectivity index (χ2v) is 9.97. The minimum atomic E-state index is 0.587. The molecular formula is C28H40O. The molecule has 0 saturated heterocycles. The highest BCUT2D eigenvalue weighted by atomic mass is 16.5. The van der Waals surface area contributed by atoms with Crippen LogP contribution in [0.15, 0.2) is 49.1 Å². The van der Waals surface area contributed by atoms with E-state index in [1.165, 1.54) is 69.8 Å². The minimum absolute atomic E-state index is 0.587. The van der Waals surface area contributed by atoms with Gasteiger partial charge in [0.05, 0.1) is 0 Å². The van der Waals surface area contributed by atoms with E-state index in [2.05, 4.69) is 49.9 Å². The smallest absolute Gasteiger partial charge is 0.119 e. The first kappa shape index (κ1) is 20.8. The molecule has 0 heterocycles. The Balaban J connectivity index is 1.25. The molecule has 29 heavy (non-hydrogen) atoms. The van der Waals surface area contributed by atoms with Crippen LogP contribution >= 0.6 is 0 Å². The highest BCUT2D eigenvalue weighted by Gasteiger charge is 2.38. The highest BCUT2D eigenvalue weighted by Crippen LogP contribution is 2.50. The van der Waals surface area contributed by atoms with E-state index in [-0.39, 0.29) is 0 Å². The van der Waals surface area contributed by atoms with Crippen molar-refractivity contribution in [3.63, 3.8) is 0 Å². The van der Waals surface area contributed by atoms with Gasteiger partial charge >= 0.3 is 0 Å². The molecule has 0 aromatic heterocycles. The minimum Gasteiger partial charge on any atom is -0.490 e. The van der Waals surface area contributed by atoms with E-state index in [0.717, 1.165) is 41.3 Å². The van der Waals surface area contributed by atoms with Gasteiger partial charge in [-0.3, -0.25) is 0 Å². The molecule has 1 heteroatoms. The lowest BCUT2D eigenvalue weighted by atomic mass is 9.61. The van der Waals surface area contributed by atoms with Crippen molar-refractivity contribution in [2.75, 3.05) is 6.61 Å². The molecule has 4 unspecified atom stereocenters. The van der Waals surface area contributed by atoms with Gasteiger partial charge in [-0.2, -0.15) is 0 Å². The number of ether oxygens (including phenoxy) is 1. The second-order valence-electron chi connectivity index (χ2n) is 9.97. The lowest BCUT2D eigenvalue weighted by molar-refractivity contribution is 0.0719. The van der Waals surface area contributed by atoms with E-state index in [0.29, 0.717) is 6.61 Å². The fourth-order valence-corrected chi connectivity index (χ4v) is 6.75. The second kappa shape index (κ2) is 10.0. The van der Waals surface area contributed by atoms with Crippen LogP contribution in [-0.2, 0) is 0 Å². The van der Waals surface area contributed by atoms with Crippen LogP contribution in [0.4, 0.5) is 0 Å². The molecule has 3 aliphatic rings. The number of hydrogen-bond acceptors (Lipinski definition) is 1. The first-order valence-electron chi connectivity index (χ1n) is 12.2. The van der Waals surface area contributed by atoms with Crippen molar-refractivity contribution in [1.82, 2.24) is 0 Å². The van der Waals surface area contributed by atoms with Gasteiger partial charge in [0.25, 0.3) is 0 Å². The lowest BCUT2D eigenvalue weighted by Gasteiger charge is -2.45. The van der Waals surface area contributed by atoms with Gasteiger partial charge in [0.1, 0.15) is 12.4 Å². The van der Waals surface area contributed by atoms with Crippen LogP contribution in [-0.4, -0.2) is 6.61 Å². The normalized spacial score (nSPS) is 35.2. The van der Waals surface area contributed by atoms with E-state index in [1.54, 1.807) is 6.08 Å². The summed E-state index contributed by atoms with van der Waals surface area (Å²) in [4.78, 5) is 0. The molecule has 3 aliphatic carbocycles. The van der Waals surface area contributed by atoms with E-state index in [1.807, 2.05) is 0 Å². The predicted molar refractivity (Wildman–Crippen MR) is 123 cm³/mol. The van der Waals surface area contributed by atoms with Crippen LogP contribution in [0.1, 0.15) is 82.6 Å². The summed E-state index contributed by atoms with van der Waals surface area (Å²) in [6.45, 7) is 6.49. The zero-order valence-corrected chi connectivity index (χ0v) is 18.4. The van der Waals surface area contributed by atoms with Gasteiger partial charge in [0.2, 0.25) is 0 Å². The largest absolute Gasteiger partial charge is 0.490 e. The van der Waals surface area contributed by atoms with E-state index in [4.69, 9.17) is 4.74 Å². The summed E-state index contributed by atoms with van der Waals surface area (Å²) in [5.41, 5.74) is 1.51. The van der Waals surface area contributed by atoms with Crippen molar-refractivity contribution in [1.29, 1.82) is 0 Å². The van der Waals surface area contributed by atoms with Gasteiger partial charge in [0, 0.05) is 0 Å². The van der Waals surface area contributed by atoms with Gasteiger partial charge in [-0.05, 0) is 124 Å². The maximum atomic E-state index is 5.64. The summed E-state index contributed by atoms with van der Waals surface area (Å²) in [5, 5.41) is 0. The third-order valence-electron chi connectivity index (χ3n) is 8.32. The summed E-state index contributed by atoms with van der Waals surface area (Å²) in [6.07, 6.45) is 21.2. The van der Waals surface area contributed by atoms with Crippen LogP contribution in [0, 0.1) is 29.6 Å². The average Bonchev–Trinajstić information content (AvgIpc) is 2.78. The monoisotopic (exact) mass is 392 g/mol. The van der Waals surface area contributed by atoms with Crippen molar-refractivity contribution < 1.29 is 4.74 Å². The molecule has 1 nitrogen and oxygen atoms in total. The van der Waals surface area contributed by atoms with Crippen molar-refractivity contribution in [2.24, 2.45) is 29.6 Å². The number of hydrogen-bond donors (Lipinski definition) is 0. The fourth-order valence-electron chi connectivity index (χ4n) is 6.75. The Morgan fingerprint density at radius 2 is 1.45 bits per heavy atom. The molecule has 1 aromatic rings. The number of benzene rings is 1. The molecule has 3 saturated carbocycles. The quantitative estimate of drug-likeness (QED) is 0.446. The van der Waals surface area contributed by atoms with Crippen LogP contribution < -0.4 is 4.74 Å². The van der Waals surface area contributed by atoms with E-state index in [9.17, 15) is 0 Å². The summed E-state index contributed by atoms with van der Waals surface area (Å²) < 4.78 is 5.64. The topological polar surface area (TPSA) is 9.23 Å². The van der Waals surface area contributed by atoms with Gasteiger partial charge < -0.3 is 4.74 Å². The molecular weight excluding hydrogens is 352 g/mol. The zero-order valence-electron chi connectivity index (χ0n) is 18.4. The Morgan fingerprint density at radius 1 is 0.828 bits per heavy atom. The molecule has 1 aromatic carbocycles. The molecule has 3 fully saturated rings. The first-order valence-corrected chi connectivity index (χ1v) is 12.2. The molecule has 0 spiro atoms. The van der Waals surface area contributed by atoms with Gasteiger partial charge in [-0.25, -0.2) is 0 Å². The standard InChI is InChI=1S/C28H40O/c1-3-5-21-6-7-27-20-26(13-12-25(27)19-21)24-10-8-22(9-11-24)23-14-16-28(17-15-23)29-18-4-2/h3-5,14-17,21-22,24-27H,2,6-13,18-20H2,1H3/b5-3+. The van der Waals surface area contributed by atoms with Gasteiger partial charge in [-0.1, -0.05) is 36.9 Å². The third kappa shape index (κ3) is 5.16. The van der Waals surface area contributed by atoms with Crippen LogP contribution in [0.3, 0.4) is 0 Å². The average molecular weight is 393 g/mol. The Kier molecular flexibility index (Phi) is 7.16. The molecule has 0 radical (unpaired) electrons. The first-order chi connectivity index (χ1) is 14.3. The van der Waals surface area contributed by atoms with E-state index >= 15 is 0 Å². The Labute approximate surface area is 178 Å². The van der Waals surface area contributed by atoms with Gasteiger partial charge in [-0.15, -0.1) is 0 Å². The van der Waals surface area contributed by atoms with Crippen molar-refractivity contribution in [2.45, 2.75) is 77.0 Å². The maximum absolute atomic E-state index is 5.64. The van der Waals surface area contributed by atoms with Crippen LogP contribution in [0.2, 0.25) is 0 Å². The van der Waals surface area contributed by atoms with Crippen LogP contribution in [0.5, 0.6) is 5.75 Å². The van der Waals surface area contributed by atoms with Crippen molar-refractivity contribution in [3.8, 4) is 5.75 Å². The summed E-state index contributed by atoms with van der Waals surface area (Å²) in [7, 11) is 0. The number of fused-ring (bicyclic) bond motifs is 1. The SMILES string of the molecule is C=CCOc1ccc(C2CCC(C3CCC4CC(/C=C/C)CCC4C3)CC2)cc1. The molecule has 0 amide bonds. The van der Waals surface area contributed by atoms with E-state index < -0.39 is 0 Å². The molecule has 0 aliphatic heterocycles. The summed E-state index contributed by atoms with van der Waals surface area (Å²) in [6, 6.07) is 8.85. The third-order valence-corrected chi connectivity index (χ3v) is 8.32. The fraction of sp³-hybridized carbons (Fsp3) is 0.643. The zero-order chi connectivity index (χ0) is 20.1. The van der Waals surface area contributed by atoms with Crippen molar-refractivity contribution in [3.05, 3.63) is 54.6 Å². The van der Waals surface area contributed by atoms with Crippen molar-refractivity contribution >= 4 is 0 Å². The predicted octanol–water partition coefficient (Wildman–Crippen LogP) is 7.93. The number of rotatable bonds is 6. The van der Waals surface area contributed by atoms with Crippen LogP contribution in [0.25, 0.3) is 0 Å². The Hall–Kier alpha value is -1.50. The lowest BCUT2D eigenvalue weighted by Crippen LogP contribution is -2.34. The van der Waals surface area contributed by atoms with Gasteiger partial charge in [0.15, 0.2) is 0 Å². The summed E-state index contributed by atoms with van der Waals surface area (Å²) >= 11 is 0. The number of allylic oxidation sites excluding steroid dienone is 2. The molecule has 0 bridgehead atoms. The Bertz CT molecular complexity index is 664.